The van der Waals surface area contributed by atoms with Gasteiger partial charge in [-0.15, -0.1) is 0 Å². The second-order valence-corrected chi connectivity index (χ2v) is 9.02. The molecule has 1 atom stereocenters. The molecule has 0 amide bonds. The summed E-state index contributed by atoms with van der Waals surface area (Å²) >= 11 is 0. The van der Waals surface area contributed by atoms with Crippen molar-refractivity contribution in [1.82, 2.24) is 9.21 Å². The van der Waals surface area contributed by atoms with Crippen LogP contribution in [0.25, 0.3) is 0 Å². The Hall–Kier alpha value is -1.89. The van der Waals surface area contributed by atoms with Gasteiger partial charge >= 0.3 is 0 Å². The highest BCUT2D eigenvalue weighted by atomic mass is 32.2. The maximum atomic E-state index is 13.2. The zero-order valence-electron chi connectivity index (χ0n) is 16.5. The Morgan fingerprint density at radius 1 is 0.963 bits per heavy atom. The monoisotopic (exact) mass is 388 g/mol. The van der Waals surface area contributed by atoms with Crippen LogP contribution in [0.4, 0.5) is 0 Å². The molecule has 0 N–H and O–H groups in total. The number of nitrogens with zero attached hydrogens (tertiary/aromatic N) is 2. The van der Waals surface area contributed by atoms with Crippen molar-refractivity contribution in [2.45, 2.75) is 31.7 Å². The topological polar surface area (TPSA) is 49.9 Å². The number of piperazine rings is 1. The predicted molar refractivity (Wildman–Crippen MR) is 108 cm³/mol. The van der Waals surface area contributed by atoms with E-state index in [0.29, 0.717) is 23.7 Å². The number of rotatable bonds is 5. The Balaban J connectivity index is 1.74. The lowest BCUT2D eigenvalue weighted by Crippen LogP contribution is -2.49. The Kier molecular flexibility index (Phi) is 5.89. The lowest BCUT2D eigenvalue weighted by Gasteiger charge is -2.37. The summed E-state index contributed by atoms with van der Waals surface area (Å²) in [5.41, 5.74) is 2.81. The van der Waals surface area contributed by atoms with Crippen LogP contribution in [-0.2, 0) is 10.0 Å². The van der Waals surface area contributed by atoms with E-state index in [1.165, 1.54) is 5.56 Å². The minimum atomic E-state index is -3.50. The van der Waals surface area contributed by atoms with Gasteiger partial charge in [-0.25, -0.2) is 8.42 Å². The van der Waals surface area contributed by atoms with Crippen LogP contribution < -0.4 is 4.74 Å². The quantitative estimate of drug-likeness (QED) is 0.788. The molecule has 2 aromatic rings. The van der Waals surface area contributed by atoms with E-state index in [0.717, 1.165) is 24.2 Å². The van der Waals surface area contributed by atoms with Crippen LogP contribution >= 0.6 is 0 Å². The van der Waals surface area contributed by atoms with Crippen LogP contribution in [0.1, 0.15) is 29.7 Å². The molecule has 0 saturated carbocycles. The van der Waals surface area contributed by atoms with Crippen LogP contribution in [-0.4, -0.2) is 50.9 Å². The maximum absolute atomic E-state index is 13.2. The van der Waals surface area contributed by atoms with Gasteiger partial charge in [-0.1, -0.05) is 30.3 Å². The van der Waals surface area contributed by atoms with Crippen LogP contribution in [0.5, 0.6) is 5.75 Å². The fourth-order valence-corrected chi connectivity index (χ4v) is 5.39. The van der Waals surface area contributed by atoms with E-state index in [1.54, 1.807) is 23.5 Å². The average Bonchev–Trinajstić information content (AvgIpc) is 2.69. The Morgan fingerprint density at radius 3 is 2.19 bits per heavy atom. The summed E-state index contributed by atoms with van der Waals surface area (Å²) in [5.74, 6) is 0.716. The Labute approximate surface area is 162 Å². The highest BCUT2D eigenvalue weighted by Gasteiger charge is 2.31. The van der Waals surface area contributed by atoms with Crippen molar-refractivity contribution in [3.8, 4) is 5.75 Å². The third-order valence-corrected chi connectivity index (χ3v) is 7.45. The SMILES string of the molecule is COc1cc(C)c(S(=O)(=O)N2CCN(C(C)c3ccccc3)CC2)cc1C. The summed E-state index contributed by atoms with van der Waals surface area (Å²) in [6.45, 7) is 8.33. The zero-order valence-corrected chi connectivity index (χ0v) is 17.3. The number of hydrogen-bond donors (Lipinski definition) is 0. The highest BCUT2D eigenvalue weighted by molar-refractivity contribution is 7.89. The molecule has 0 aliphatic carbocycles. The van der Waals surface area contributed by atoms with Crippen molar-refractivity contribution in [2.75, 3.05) is 33.3 Å². The first-order chi connectivity index (χ1) is 12.8. The molecule has 0 spiro atoms. The van der Waals surface area contributed by atoms with Crippen molar-refractivity contribution >= 4 is 10.0 Å². The van der Waals surface area contributed by atoms with Gasteiger partial charge in [-0.2, -0.15) is 4.31 Å². The standard InChI is InChI=1S/C21H28N2O3S/c1-16-15-21(17(2)14-20(16)26-4)27(24,25)23-12-10-22(11-13-23)18(3)19-8-6-5-7-9-19/h5-9,14-15,18H,10-13H2,1-4H3. The average molecular weight is 389 g/mol. The van der Waals surface area contributed by atoms with E-state index in [4.69, 9.17) is 4.74 Å². The van der Waals surface area contributed by atoms with E-state index < -0.39 is 10.0 Å². The molecule has 27 heavy (non-hydrogen) atoms. The molecule has 1 heterocycles. The van der Waals surface area contributed by atoms with Crippen molar-refractivity contribution in [1.29, 1.82) is 0 Å². The summed E-state index contributed by atoms with van der Waals surface area (Å²) in [6.07, 6.45) is 0. The fraction of sp³-hybridized carbons (Fsp3) is 0.429. The van der Waals surface area contributed by atoms with Gasteiger partial charge in [0.05, 0.1) is 12.0 Å². The van der Waals surface area contributed by atoms with Gasteiger partial charge in [0.1, 0.15) is 5.75 Å². The fourth-order valence-electron chi connectivity index (χ4n) is 3.67. The molecule has 146 valence electrons. The maximum Gasteiger partial charge on any atom is 0.243 e. The molecule has 2 aromatic carbocycles. The van der Waals surface area contributed by atoms with E-state index >= 15 is 0 Å². The van der Waals surface area contributed by atoms with Gasteiger partial charge in [0.15, 0.2) is 0 Å². The summed E-state index contributed by atoms with van der Waals surface area (Å²) in [6, 6.07) is 14.1. The van der Waals surface area contributed by atoms with E-state index in [9.17, 15) is 8.42 Å². The summed E-state index contributed by atoms with van der Waals surface area (Å²) < 4.78 is 33.3. The number of hydrogen-bond acceptors (Lipinski definition) is 4. The van der Waals surface area contributed by atoms with Crippen molar-refractivity contribution in [3.63, 3.8) is 0 Å². The first kappa shape index (κ1) is 19.9. The molecule has 0 bridgehead atoms. The largest absolute Gasteiger partial charge is 0.496 e. The van der Waals surface area contributed by atoms with Crippen LogP contribution in [0.2, 0.25) is 0 Å². The number of aryl methyl sites for hydroxylation is 2. The number of ether oxygens (including phenoxy) is 1. The smallest absolute Gasteiger partial charge is 0.243 e. The Bertz CT molecular complexity index is 889. The minimum Gasteiger partial charge on any atom is -0.496 e. The number of sulfonamides is 1. The number of benzene rings is 2. The van der Waals surface area contributed by atoms with E-state index in [-0.39, 0.29) is 6.04 Å². The molecule has 1 aliphatic heterocycles. The van der Waals surface area contributed by atoms with Crippen molar-refractivity contribution < 1.29 is 13.2 Å². The lowest BCUT2D eigenvalue weighted by molar-refractivity contribution is 0.146. The van der Waals surface area contributed by atoms with Gasteiger partial charge in [0, 0.05) is 32.2 Å². The van der Waals surface area contributed by atoms with Crippen molar-refractivity contribution in [3.05, 3.63) is 59.2 Å². The van der Waals surface area contributed by atoms with Crippen LogP contribution in [0.15, 0.2) is 47.4 Å². The van der Waals surface area contributed by atoms with Gasteiger partial charge in [0.2, 0.25) is 10.0 Å². The van der Waals surface area contributed by atoms with E-state index in [2.05, 4.69) is 24.0 Å². The second-order valence-electron chi connectivity index (χ2n) is 7.11. The van der Waals surface area contributed by atoms with Gasteiger partial charge < -0.3 is 4.74 Å². The number of methoxy groups -OCH3 is 1. The van der Waals surface area contributed by atoms with Crippen molar-refractivity contribution in [2.24, 2.45) is 0 Å². The molecule has 0 radical (unpaired) electrons. The van der Waals surface area contributed by atoms with Crippen LogP contribution in [0.3, 0.4) is 0 Å². The highest BCUT2D eigenvalue weighted by Crippen LogP contribution is 2.29. The van der Waals surface area contributed by atoms with Gasteiger partial charge in [-0.05, 0) is 49.6 Å². The lowest BCUT2D eigenvalue weighted by atomic mass is 10.1. The third kappa shape index (κ3) is 4.03. The molecule has 3 rings (SSSR count). The summed E-state index contributed by atoms with van der Waals surface area (Å²) in [5, 5.41) is 0. The first-order valence-electron chi connectivity index (χ1n) is 9.29. The second kappa shape index (κ2) is 8.00. The van der Waals surface area contributed by atoms with E-state index in [1.807, 2.05) is 32.0 Å². The van der Waals surface area contributed by atoms with Gasteiger partial charge in [0.25, 0.3) is 0 Å². The summed E-state index contributed by atoms with van der Waals surface area (Å²) in [7, 11) is -1.90. The molecule has 5 nitrogen and oxygen atoms in total. The first-order valence-corrected chi connectivity index (χ1v) is 10.7. The Morgan fingerprint density at radius 2 is 1.59 bits per heavy atom. The molecule has 1 saturated heterocycles. The zero-order chi connectivity index (χ0) is 19.6. The van der Waals surface area contributed by atoms with Crippen LogP contribution in [0, 0.1) is 13.8 Å². The molecule has 0 aromatic heterocycles. The minimum absolute atomic E-state index is 0.279. The summed E-state index contributed by atoms with van der Waals surface area (Å²) in [4.78, 5) is 2.72. The molecule has 6 heteroatoms. The molecule has 1 unspecified atom stereocenters. The predicted octanol–water partition coefficient (Wildman–Crippen LogP) is 3.38. The third-order valence-electron chi connectivity index (χ3n) is 5.41. The molecule has 1 aliphatic rings. The molecule has 1 fully saturated rings. The molecular weight excluding hydrogens is 360 g/mol. The van der Waals surface area contributed by atoms with Gasteiger partial charge in [-0.3, -0.25) is 4.90 Å². The molecular formula is C21H28N2O3S. The normalized spacial score (nSPS) is 17.6.